The predicted octanol–water partition coefficient (Wildman–Crippen LogP) is 3.86. The summed E-state index contributed by atoms with van der Waals surface area (Å²) in [5.41, 5.74) is 17.5. The Labute approximate surface area is 186 Å². The molecule has 1 unspecified atom stereocenters. The quantitative estimate of drug-likeness (QED) is 0.455. The van der Waals surface area contributed by atoms with Gasteiger partial charge in [-0.05, 0) is 67.1 Å². The Balaban J connectivity index is 1.66. The fraction of sp³-hybridized carbons (Fsp3) is 0.167. The van der Waals surface area contributed by atoms with Crippen LogP contribution in [0.2, 0.25) is 0 Å². The van der Waals surface area contributed by atoms with Gasteiger partial charge in [0.25, 0.3) is 0 Å². The molecule has 0 aliphatic heterocycles. The molecule has 1 aliphatic rings. The van der Waals surface area contributed by atoms with Crippen LogP contribution in [-0.4, -0.2) is 26.5 Å². The molecule has 8 nitrogen and oxygen atoms in total. The SMILES string of the molecule is C=Nc1ccc(-n2cccn2)nc1N(Cc1cccnc1N)c1ccc2c(c1)CCC2N. The Bertz CT molecular complexity index is 1260. The normalized spacial score (nSPS) is 14.8. The molecule has 0 radical (unpaired) electrons. The number of aromatic nitrogens is 4. The summed E-state index contributed by atoms with van der Waals surface area (Å²) in [6.07, 6.45) is 7.18. The Morgan fingerprint density at radius 2 is 2.06 bits per heavy atom. The summed E-state index contributed by atoms with van der Waals surface area (Å²) in [4.78, 5) is 15.5. The van der Waals surface area contributed by atoms with Gasteiger partial charge >= 0.3 is 0 Å². The van der Waals surface area contributed by atoms with Crippen LogP contribution >= 0.6 is 0 Å². The van der Waals surface area contributed by atoms with Gasteiger partial charge in [-0.15, -0.1) is 0 Å². The number of fused-ring (bicyclic) bond motifs is 1. The number of aryl methyl sites for hydroxylation is 1. The van der Waals surface area contributed by atoms with Gasteiger partial charge in [-0.1, -0.05) is 12.1 Å². The lowest BCUT2D eigenvalue weighted by Gasteiger charge is -2.27. The highest BCUT2D eigenvalue weighted by Crippen LogP contribution is 2.38. The number of anilines is 3. The Hall–Kier alpha value is -4.04. The van der Waals surface area contributed by atoms with Crippen molar-refractivity contribution in [3.8, 4) is 5.82 Å². The lowest BCUT2D eigenvalue weighted by Crippen LogP contribution is -2.20. The summed E-state index contributed by atoms with van der Waals surface area (Å²) >= 11 is 0. The van der Waals surface area contributed by atoms with Crippen LogP contribution in [-0.2, 0) is 13.0 Å². The minimum Gasteiger partial charge on any atom is -0.383 e. The molecule has 0 bridgehead atoms. The minimum absolute atomic E-state index is 0.0909. The second-order valence-electron chi connectivity index (χ2n) is 7.78. The summed E-state index contributed by atoms with van der Waals surface area (Å²) in [5.74, 6) is 1.83. The molecule has 8 heteroatoms. The molecule has 3 heterocycles. The predicted molar refractivity (Wildman–Crippen MR) is 127 cm³/mol. The number of benzene rings is 1. The van der Waals surface area contributed by atoms with E-state index in [1.54, 1.807) is 17.1 Å². The van der Waals surface area contributed by atoms with Crippen molar-refractivity contribution in [2.75, 3.05) is 10.6 Å². The molecule has 0 saturated carbocycles. The molecule has 160 valence electrons. The zero-order chi connectivity index (χ0) is 22.1. The van der Waals surface area contributed by atoms with E-state index >= 15 is 0 Å². The maximum absolute atomic E-state index is 6.26. The molecule has 32 heavy (non-hydrogen) atoms. The maximum Gasteiger partial charge on any atom is 0.161 e. The van der Waals surface area contributed by atoms with Crippen LogP contribution in [0.25, 0.3) is 5.82 Å². The van der Waals surface area contributed by atoms with Gasteiger partial charge in [-0.25, -0.2) is 14.6 Å². The topological polar surface area (TPSA) is 111 Å². The standard InChI is InChI=1S/C24H24N8/c1-27-21-9-10-22(32-13-3-12-29-32)30-24(21)31(15-17-4-2-11-28-23(17)26)18-6-7-19-16(14-18)5-8-20(19)25/h2-4,6-7,9-14,20H,1,5,8,15,25H2,(H2,26,28). The molecule has 4 aromatic rings. The molecule has 1 atom stereocenters. The van der Waals surface area contributed by atoms with E-state index in [2.05, 4.69) is 44.9 Å². The molecule has 1 aliphatic carbocycles. The second-order valence-corrected chi connectivity index (χ2v) is 7.78. The van der Waals surface area contributed by atoms with Gasteiger partial charge in [-0.3, -0.25) is 4.99 Å². The van der Waals surface area contributed by atoms with Gasteiger partial charge in [0.2, 0.25) is 0 Å². The second kappa shape index (κ2) is 8.24. The number of hydrogen-bond donors (Lipinski definition) is 2. The first-order chi connectivity index (χ1) is 15.6. The molecule has 1 aromatic carbocycles. The van der Waals surface area contributed by atoms with Crippen LogP contribution < -0.4 is 16.4 Å². The third-order valence-corrected chi connectivity index (χ3v) is 5.82. The van der Waals surface area contributed by atoms with Crippen molar-refractivity contribution in [3.05, 3.63) is 83.8 Å². The molecule has 0 spiro atoms. The number of aliphatic imine (C=N–C) groups is 1. The van der Waals surface area contributed by atoms with E-state index in [-0.39, 0.29) is 6.04 Å². The Morgan fingerprint density at radius 1 is 1.16 bits per heavy atom. The highest BCUT2D eigenvalue weighted by Gasteiger charge is 2.23. The van der Waals surface area contributed by atoms with Crippen LogP contribution in [0.3, 0.4) is 0 Å². The molecular weight excluding hydrogens is 400 g/mol. The summed E-state index contributed by atoms with van der Waals surface area (Å²) in [6.45, 7) is 4.23. The van der Waals surface area contributed by atoms with E-state index in [1.807, 2.05) is 36.5 Å². The summed E-state index contributed by atoms with van der Waals surface area (Å²) in [6, 6.07) is 15.9. The third kappa shape index (κ3) is 3.61. The largest absolute Gasteiger partial charge is 0.383 e. The number of rotatable bonds is 6. The van der Waals surface area contributed by atoms with Crippen LogP contribution in [0.1, 0.15) is 29.2 Å². The highest BCUT2D eigenvalue weighted by atomic mass is 15.3. The molecule has 3 aromatic heterocycles. The van der Waals surface area contributed by atoms with Crippen LogP contribution in [0, 0.1) is 0 Å². The van der Waals surface area contributed by atoms with Gasteiger partial charge in [0.15, 0.2) is 11.6 Å². The number of nitrogens with zero attached hydrogens (tertiary/aromatic N) is 6. The monoisotopic (exact) mass is 424 g/mol. The summed E-state index contributed by atoms with van der Waals surface area (Å²) < 4.78 is 1.72. The number of pyridine rings is 2. The lowest BCUT2D eigenvalue weighted by molar-refractivity contribution is 0.713. The zero-order valence-corrected chi connectivity index (χ0v) is 17.6. The van der Waals surface area contributed by atoms with E-state index in [0.29, 0.717) is 29.7 Å². The van der Waals surface area contributed by atoms with Crippen LogP contribution in [0.15, 0.2) is 72.1 Å². The third-order valence-electron chi connectivity index (χ3n) is 5.82. The van der Waals surface area contributed by atoms with Gasteiger partial charge in [0.1, 0.15) is 11.5 Å². The van der Waals surface area contributed by atoms with Crippen molar-refractivity contribution < 1.29 is 0 Å². The average Bonchev–Trinajstić information content (AvgIpc) is 3.48. The van der Waals surface area contributed by atoms with Gasteiger partial charge < -0.3 is 16.4 Å². The van der Waals surface area contributed by atoms with E-state index in [4.69, 9.17) is 16.5 Å². The first kappa shape index (κ1) is 19.9. The average molecular weight is 425 g/mol. The molecule has 4 N–H and O–H groups in total. The van der Waals surface area contributed by atoms with E-state index in [9.17, 15) is 0 Å². The fourth-order valence-electron chi connectivity index (χ4n) is 4.13. The Morgan fingerprint density at radius 3 is 2.84 bits per heavy atom. The fourth-order valence-corrected chi connectivity index (χ4v) is 4.13. The van der Waals surface area contributed by atoms with Crippen molar-refractivity contribution in [2.45, 2.75) is 25.4 Å². The van der Waals surface area contributed by atoms with E-state index in [1.165, 1.54) is 11.1 Å². The molecule has 0 fully saturated rings. The van der Waals surface area contributed by atoms with Crippen LogP contribution in [0.4, 0.5) is 23.0 Å². The van der Waals surface area contributed by atoms with E-state index in [0.717, 1.165) is 24.1 Å². The highest BCUT2D eigenvalue weighted by molar-refractivity contribution is 5.74. The number of nitrogens with two attached hydrogens (primary N) is 2. The summed E-state index contributed by atoms with van der Waals surface area (Å²) in [5, 5.41) is 4.31. The number of hydrogen-bond acceptors (Lipinski definition) is 7. The summed E-state index contributed by atoms with van der Waals surface area (Å²) in [7, 11) is 0. The van der Waals surface area contributed by atoms with Gasteiger partial charge in [0, 0.05) is 35.9 Å². The van der Waals surface area contributed by atoms with Crippen molar-refractivity contribution in [1.29, 1.82) is 0 Å². The van der Waals surface area contributed by atoms with Gasteiger partial charge in [0.05, 0.1) is 6.54 Å². The molecule has 5 rings (SSSR count). The first-order valence-electron chi connectivity index (χ1n) is 10.5. The van der Waals surface area contributed by atoms with Crippen LogP contribution in [0.5, 0.6) is 0 Å². The van der Waals surface area contributed by atoms with E-state index < -0.39 is 0 Å². The molecular formula is C24H24N8. The number of nitrogen functional groups attached to an aromatic ring is 1. The first-order valence-corrected chi connectivity index (χ1v) is 10.5. The van der Waals surface area contributed by atoms with Gasteiger partial charge in [-0.2, -0.15) is 5.10 Å². The van der Waals surface area contributed by atoms with Crippen molar-refractivity contribution in [1.82, 2.24) is 19.7 Å². The molecule has 0 amide bonds. The minimum atomic E-state index is 0.0909. The smallest absolute Gasteiger partial charge is 0.161 e. The van der Waals surface area contributed by atoms with Crippen molar-refractivity contribution >= 4 is 29.7 Å². The van der Waals surface area contributed by atoms with Crippen molar-refractivity contribution in [3.63, 3.8) is 0 Å². The van der Waals surface area contributed by atoms with Crippen molar-refractivity contribution in [2.24, 2.45) is 10.7 Å². The lowest BCUT2D eigenvalue weighted by atomic mass is 10.1. The molecule has 0 saturated heterocycles. The zero-order valence-electron chi connectivity index (χ0n) is 17.6. The Kier molecular flexibility index (Phi) is 5.12. The maximum atomic E-state index is 6.26.